The van der Waals surface area contributed by atoms with Gasteiger partial charge in [0.15, 0.2) is 0 Å². The maximum atomic E-state index is 11.5. The fraction of sp³-hybridized carbons (Fsp3) is 0.455. The predicted molar refractivity (Wildman–Crippen MR) is 62.9 cm³/mol. The summed E-state index contributed by atoms with van der Waals surface area (Å²) in [5.74, 6) is -0.0708. The second kappa shape index (κ2) is 6.06. The highest BCUT2D eigenvalue weighted by Crippen LogP contribution is 2.11. The van der Waals surface area contributed by atoms with Crippen LogP contribution in [0.25, 0.3) is 11.5 Å². The molecule has 0 saturated heterocycles. The SMILES string of the molecule is COCCCCn1c(-c2cnccn2)noc1=O. The number of hydrogen-bond acceptors (Lipinski definition) is 6. The first kappa shape index (κ1) is 12.4. The molecule has 2 aromatic heterocycles. The molecule has 0 N–H and O–H groups in total. The van der Waals surface area contributed by atoms with Crippen LogP contribution in [-0.2, 0) is 11.3 Å². The van der Waals surface area contributed by atoms with Gasteiger partial charge in [-0.3, -0.25) is 14.1 Å². The third-order valence-electron chi connectivity index (χ3n) is 2.46. The molecule has 0 atom stereocenters. The van der Waals surface area contributed by atoms with E-state index in [4.69, 9.17) is 4.74 Å². The highest BCUT2D eigenvalue weighted by Gasteiger charge is 2.13. The Morgan fingerprint density at radius 3 is 3.00 bits per heavy atom. The Balaban J connectivity index is 2.15. The molecule has 0 aliphatic carbocycles. The molecule has 0 fully saturated rings. The zero-order chi connectivity index (χ0) is 12.8. The van der Waals surface area contributed by atoms with Crippen molar-refractivity contribution >= 4 is 0 Å². The van der Waals surface area contributed by atoms with Crippen molar-refractivity contribution in [3.63, 3.8) is 0 Å². The molecule has 0 amide bonds. The van der Waals surface area contributed by atoms with E-state index in [1.54, 1.807) is 25.7 Å². The zero-order valence-corrected chi connectivity index (χ0v) is 10.1. The van der Waals surface area contributed by atoms with Gasteiger partial charge >= 0.3 is 5.76 Å². The lowest BCUT2D eigenvalue weighted by Gasteiger charge is -2.03. The minimum Gasteiger partial charge on any atom is -0.385 e. The Labute approximate surface area is 103 Å². The van der Waals surface area contributed by atoms with Crippen LogP contribution < -0.4 is 5.76 Å². The largest absolute Gasteiger partial charge is 0.441 e. The minimum absolute atomic E-state index is 0.408. The Hall–Kier alpha value is -2.02. The van der Waals surface area contributed by atoms with E-state index in [2.05, 4.69) is 19.6 Å². The van der Waals surface area contributed by atoms with Crippen molar-refractivity contribution in [2.75, 3.05) is 13.7 Å². The average Bonchev–Trinajstić information content (AvgIpc) is 2.77. The van der Waals surface area contributed by atoms with Gasteiger partial charge in [0.25, 0.3) is 0 Å². The normalized spacial score (nSPS) is 10.7. The number of nitrogens with zero attached hydrogens (tertiary/aromatic N) is 4. The molecule has 0 unspecified atom stereocenters. The molecule has 2 aromatic rings. The quantitative estimate of drug-likeness (QED) is 0.702. The molecule has 7 heteroatoms. The maximum absolute atomic E-state index is 11.5. The van der Waals surface area contributed by atoms with Crippen molar-refractivity contribution in [2.45, 2.75) is 19.4 Å². The predicted octanol–water partition coefficient (Wildman–Crippen LogP) is 0.720. The molecule has 18 heavy (non-hydrogen) atoms. The highest BCUT2D eigenvalue weighted by atomic mass is 16.5. The molecular weight excluding hydrogens is 236 g/mol. The van der Waals surface area contributed by atoms with Crippen LogP contribution in [0, 0.1) is 0 Å². The van der Waals surface area contributed by atoms with Crippen molar-refractivity contribution in [1.82, 2.24) is 19.7 Å². The van der Waals surface area contributed by atoms with E-state index >= 15 is 0 Å². The molecule has 96 valence electrons. The minimum atomic E-state index is -0.479. The van der Waals surface area contributed by atoms with Gasteiger partial charge in [-0.1, -0.05) is 5.16 Å². The summed E-state index contributed by atoms with van der Waals surface area (Å²) in [6.45, 7) is 1.19. The van der Waals surface area contributed by atoms with Gasteiger partial charge in [-0.15, -0.1) is 0 Å². The third kappa shape index (κ3) is 2.80. The van der Waals surface area contributed by atoms with Crippen LogP contribution in [0.4, 0.5) is 0 Å². The molecule has 0 saturated carbocycles. The topological polar surface area (TPSA) is 83.0 Å². The van der Waals surface area contributed by atoms with Gasteiger partial charge in [0.05, 0.1) is 6.20 Å². The summed E-state index contributed by atoms with van der Waals surface area (Å²) in [4.78, 5) is 19.6. The van der Waals surface area contributed by atoms with Crippen LogP contribution in [0.15, 0.2) is 27.9 Å². The van der Waals surface area contributed by atoms with E-state index in [9.17, 15) is 4.79 Å². The first-order valence-electron chi connectivity index (χ1n) is 5.65. The van der Waals surface area contributed by atoms with Crippen molar-refractivity contribution in [3.8, 4) is 11.5 Å². The summed E-state index contributed by atoms with van der Waals surface area (Å²) in [6.07, 6.45) is 6.33. The van der Waals surface area contributed by atoms with E-state index in [1.807, 2.05) is 0 Å². The molecule has 2 heterocycles. The van der Waals surface area contributed by atoms with Crippen molar-refractivity contribution in [2.24, 2.45) is 0 Å². The van der Waals surface area contributed by atoms with Gasteiger partial charge in [-0.05, 0) is 12.8 Å². The Bertz CT molecular complexity index is 535. The molecule has 7 nitrogen and oxygen atoms in total. The van der Waals surface area contributed by atoms with Crippen LogP contribution >= 0.6 is 0 Å². The zero-order valence-electron chi connectivity index (χ0n) is 10.1. The lowest BCUT2D eigenvalue weighted by atomic mass is 10.3. The summed E-state index contributed by atoms with van der Waals surface area (Å²) in [6, 6.07) is 0. The van der Waals surface area contributed by atoms with Crippen LogP contribution in [0.2, 0.25) is 0 Å². The number of unbranched alkanes of at least 4 members (excludes halogenated alkanes) is 1. The van der Waals surface area contributed by atoms with Gasteiger partial charge in [0, 0.05) is 32.7 Å². The molecule has 2 rings (SSSR count). The van der Waals surface area contributed by atoms with E-state index in [0.717, 1.165) is 12.8 Å². The van der Waals surface area contributed by atoms with E-state index in [-0.39, 0.29) is 0 Å². The standard InChI is InChI=1S/C11H14N4O3/c1-17-7-3-2-6-15-10(14-18-11(15)16)9-8-12-4-5-13-9/h4-5,8H,2-3,6-7H2,1H3. The van der Waals surface area contributed by atoms with Gasteiger partial charge in [0.1, 0.15) is 5.69 Å². The van der Waals surface area contributed by atoms with E-state index in [1.165, 1.54) is 4.57 Å². The third-order valence-corrected chi connectivity index (χ3v) is 2.46. The number of aromatic nitrogens is 4. The lowest BCUT2D eigenvalue weighted by Crippen LogP contribution is -2.16. The van der Waals surface area contributed by atoms with E-state index in [0.29, 0.717) is 24.7 Å². The van der Waals surface area contributed by atoms with E-state index < -0.39 is 5.76 Å². The van der Waals surface area contributed by atoms with Gasteiger partial charge in [-0.25, -0.2) is 9.78 Å². The van der Waals surface area contributed by atoms with Crippen molar-refractivity contribution in [1.29, 1.82) is 0 Å². The highest BCUT2D eigenvalue weighted by molar-refractivity contribution is 5.46. The fourth-order valence-electron chi connectivity index (χ4n) is 1.58. The maximum Gasteiger partial charge on any atom is 0.441 e. The second-order valence-corrected chi connectivity index (χ2v) is 3.71. The van der Waals surface area contributed by atoms with Crippen LogP contribution in [-0.4, -0.2) is 33.4 Å². The number of ether oxygens (including phenoxy) is 1. The van der Waals surface area contributed by atoms with Gasteiger partial charge in [-0.2, -0.15) is 0 Å². The molecule has 0 spiro atoms. The van der Waals surface area contributed by atoms with Crippen LogP contribution in [0.5, 0.6) is 0 Å². The number of rotatable bonds is 6. The number of methoxy groups -OCH3 is 1. The molecular formula is C11H14N4O3. The van der Waals surface area contributed by atoms with Crippen molar-refractivity contribution < 1.29 is 9.26 Å². The summed E-state index contributed by atoms with van der Waals surface area (Å²) >= 11 is 0. The van der Waals surface area contributed by atoms with Crippen LogP contribution in [0.1, 0.15) is 12.8 Å². The van der Waals surface area contributed by atoms with Gasteiger partial charge < -0.3 is 4.74 Å². The molecule has 0 bridgehead atoms. The monoisotopic (exact) mass is 250 g/mol. The fourth-order valence-corrected chi connectivity index (χ4v) is 1.58. The second-order valence-electron chi connectivity index (χ2n) is 3.71. The molecule has 0 radical (unpaired) electrons. The molecule has 0 aromatic carbocycles. The summed E-state index contributed by atoms with van der Waals surface area (Å²) < 4.78 is 11.1. The molecule has 0 aliphatic rings. The lowest BCUT2D eigenvalue weighted by molar-refractivity contribution is 0.191. The Kier molecular flexibility index (Phi) is 4.19. The summed E-state index contributed by atoms with van der Waals surface area (Å²) in [5.41, 5.74) is 0.523. The van der Waals surface area contributed by atoms with Gasteiger partial charge in [0.2, 0.25) is 5.82 Å². The van der Waals surface area contributed by atoms with Crippen molar-refractivity contribution in [3.05, 3.63) is 29.1 Å². The summed E-state index contributed by atoms with van der Waals surface area (Å²) in [7, 11) is 1.65. The first-order chi connectivity index (χ1) is 8.83. The molecule has 0 aliphatic heterocycles. The Morgan fingerprint density at radius 2 is 2.28 bits per heavy atom. The summed E-state index contributed by atoms with van der Waals surface area (Å²) in [5, 5.41) is 3.73. The first-order valence-corrected chi connectivity index (χ1v) is 5.65. The smallest absolute Gasteiger partial charge is 0.385 e. The average molecular weight is 250 g/mol. The Morgan fingerprint density at radius 1 is 1.39 bits per heavy atom. The van der Waals surface area contributed by atoms with Crippen LogP contribution in [0.3, 0.4) is 0 Å². The number of hydrogen-bond donors (Lipinski definition) is 0.